The summed E-state index contributed by atoms with van der Waals surface area (Å²) in [5.74, 6) is -1.77. The van der Waals surface area contributed by atoms with Crippen molar-refractivity contribution < 1.29 is 14.0 Å². The number of alkyl halides is 4. The molecule has 1 aliphatic rings. The zero-order valence-corrected chi connectivity index (χ0v) is 18.5. The molecule has 2 unspecified atom stereocenters. The Balaban J connectivity index is 2.59. The minimum Gasteiger partial charge on any atom is -0.290 e. The molecule has 1 aromatic rings. The second kappa shape index (κ2) is 8.32. The summed E-state index contributed by atoms with van der Waals surface area (Å²) in [5.41, 5.74) is -0.656. The van der Waals surface area contributed by atoms with Crippen molar-refractivity contribution in [1.82, 2.24) is 10.2 Å². The van der Waals surface area contributed by atoms with Crippen LogP contribution in [0.3, 0.4) is 0 Å². The lowest BCUT2D eigenvalue weighted by molar-refractivity contribution is -0.119. The number of amidine groups is 1. The van der Waals surface area contributed by atoms with Crippen LogP contribution < -0.4 is 10.2 Å². The number of anilines is 1. The van der Waals surface area contributed by atoms with Gasteiger partial charge in [-0.1, -0.05) is 46.9 Å². The topological polar surface area (TPSA) is 65.0 Å². The van der Waals surface area contributed by atoms with Crippen molar-refractivity contribution in [1.29, 1.82) is 0 Å². The van der Waals surface area contributed by atoms with Crippen molar-refractivity contribution in [3.63, 3.8) is 0 Å². The molecule has 6 nitrogen and oxygen atoms in total. The van der Waals surface area contributed by atoms with Crippen LogP contribution in [0.1, 0.15) is 20.8 Å². The molecule has 0 saturated carbocycles. The van der Waals surface area contributed by atoms with Crippen LogP contribution in [0.5, 0.6) is 0 Å². The van der Waals surface area contributed by atoms with E-state index in [1.165, 1.54) is 31.3 Å². The Kier molecular flexibility index (Phi) is 6.88. The smallest absolute Gasteiger partial charge is 0.290 e. The van der Waals surface area contributed by atoms with Crippen LogP contribution >= 0.6 is 46.4 Å². The lowest BCUT2D eigenvalue weighted by atomic mass is 10.1. The number of likely N-dealkylation sites (N-methyl/N-ethyl adjacent to an activating group) is 1. The number of nitrogens with zero attached hydrogens (tertiary/aromatic N) is 3. The van der Waals surface area contributed by atoms with Crippen LogP contribution in [0.25, 0.3) is 0 Å². The molecule has 2 rings (SSSR count). The zero-order valence-electron chi connectivity index (χ0n) is 15.5. The summed E-state index contributed by atoms with van der Waals surface area (Å²) in [7, 11) is 1.26. The number of hydrogen-bond donors (Lipinski definition) is 1. The Morgan fingerprint density at radius 1 is 1.14 bits per heavy atom. The maximum absolute atomic E-state index is 14.3. The van der Waals surface area contributed by atoms with E-state index in [1.54, 1.807) is 0 Å². The highest BCUT2D eigenvalue weighted by atomic mass is 35.6. The number of carbonyl (C=O) groups excluding carboxylic acids is 2. The molecule has 1 saturated heterocycles. The van der Waals surface area contributed by atoms with Gasteiger partial charge in [0.15, 0.2) is 0 Å². The van der Waals surface area contributed by atoms with Gasteiger partial charge >= 0.3 is 6.03 Å². The Labute approximate surface area is 182 Å². The highest BCUT2D eigenvalue weighted by Crippen LogP contribution is 2.37. The number of rotatable bonds is 4. The molecule has 1 fully saturated rings. The molecule has 0 aliphatic carbocycles. The number of para-hydroxylation sites is 1. The summed E-state index contributed by atoms with van der Waals surface area (Å²) in [6, 6.07) is 4.75. The van der Waals surface area contributed by atoms with Crippen molar-refractivity contribution in [2.24, 2.45) is 4.99 Å². The summed E-state index contributed by atoms with van der Waals surface area (Å²) in [5, 5.41) is 1.86. The molecule has 0 radical (unpaired) electrons. The molecule has 0 spiro atoms. The number of nitrogens with one attached hydrogen (secondary N) is 1. The van der Waals surface area contributed by atoms with E-state index in [1.807, 2.05) is 20.8 Å². The van der Waals surface area contributed by atoms with Crippen molar-refractivity contribution in [3.05, 3.63) is 30.1 Å². The summed E-state index contributed by atoms with van der Waals surface area (Å²) in [4.78, 5) is 31.2. The summed E-state index contributed by atoms with van der Waals surface area (Å²) in [6.45, 7) is 5.47. The average molecular weight is 472 g/mol. The Hall–Kier alpha value is -1.12. The van der Waals surface area contributed by atoms with E-state index in [0.717, 1.165) is 9.80 Å². The standard InChI is InChI=1S/C17H19Cl4FN4O2/c1-16(2,3)24-12(11(18)17(19,20)21)23-13-14(27)25(4)15(28)26(13)10-8-6-5-7-9(10)22/h5-8,11-12,24H,1-4H3/b23-13-. The van der Waals surface area contributed by atoms with Gasteiger partial charge in [-0.15, -0.1) is 11.6 Å². The number of imide groups is 1. The summed E-state index contributed by atoms with van der Waals surface area (Å²) < 4.78 is 12.4. The fraction of sp³-hybridized carbons (Fsp3) is 0.471. The van der Waals surface area contributed by atoms with E-state index in [2.05, 4.69) is 10.3 Å². The largest absolute Gasteiger partial charge is 0.337 e. The van der Waals surface area contributed by atoms with E-state index >= 15 is 0 Å². The first-order valence-electron chi connectivity index (χ1n) is 8.17. The van der Waals surface area contributed by atoms with Gasteiger partial charge in [-0.2, -0.15) is 0 Å². The van der Waals surface area contributed by atoms with Crippen LogP contribution in [-0.4, -0.2) is 50.6 Å². The summed E-state index contributed by atoms with van der Waals surface area (Å²) >= 11 is 24.0. The van der Waals surface area contributed by atoms with Gasteiger partial charge in [0.05, 0.1) is 5.69 Å². The Morgan fingerprint density at radius 2 is 1.71 bits per heavy atom. The second-order valence-corrected chi connectivity index (χ2v) is 10.0. The van der Waals surface area contributed by atoms with Crippen LogP contribution in [0, 0.1) is 5.82 Å². The third-order valence-electron chi connectivity index (χ3n) is 3.71. The van der Waals surface area contributed by atoms with Crippen molar-refractivity contribution in [2.45, 2.75) is 41.6 Å². The minimum absolute atomic E-state index is 0.126. The molecule has 1 N–H and O–H groups in total. The third kappa shape index (κ3) is 5.07. The fourth-order valence-electron chi connectivity index (χ4n) is 2.46. The van der Waals surface area contributed by atoms with E-state index in [0.29, 0.717) is 0 Å². The average Bonchev–Trinajstić information content (AvgIpc) is 2.76. The van der Waals surface area contributed by atoms with E-state index in [9.17, 15) is 14.0 Å². The van der Waals surface area contributed by atoms with Crippen LogP contribution in [0.2, 0.25) is 0 Å². The van der Waals surface area contributed by atoms with Gasteiger partial charge in [-0.3, -0.25) is 15.0 Å². The van der Waals surface area contributed by atoms with Gasteiger partial charge in [0, 0.05) is 12.6 Å². The third-order valence-corrected chi connectivity index (χ3v) is 5.32. The number of halogens is 5. The molecule has 2 atom stereocenters. The number of aliphatic imine (C=N–C) groups is 1. The van der Waals surface area contributed by atoms with Crippen LogP contribution in [0.15, 0.2) is 29.3 Å². The van der Waals surface area contributed by atoms with Crippen LogP contribution in [-0.2, 0) is 4.79 Å². The lowest BCUT2D eigenvalue weighted by Crippen LogP contribution is -2.51. The van der Waals surface area contributed by atoms with Gasteiger partial charge < -0.3 is 0 Å². The minimum atomic E-state index is -1.92. The molecule has 1 heterocycles. The lowest BCUT2D eigenvalue weighted by Gasteiger charge is -2.32. The molecule has 1 aromatic carbocycles. The van der Waals surface area contributed by atoms with Gasteiger partial charge in [0.25, 0.3) is 5.91 Å². The van der Waals surface area contributed by atoms with Crippen molar-refractivity contribution in [2.75, 3.05) is 11.9 Å². The molecule has 0 bridgehead atoms. The van der Waals surface area contributed by atoms with Crippen molar-refractivity contribution >= 4 is 69.9 Å². The van der Waals surface area contributed by atoms with Gasteiger partial charge in [-0.25, -0.2) is 19.1 Å². The molecule has 0 aromatic heterocycles. The van der Waals surface area contributed by atoms with Crippen molar-refractivity contribution in [3.8, 4) is 0 Å². The molecule has 11 heteroatoms. The molecule has 28 heavy (non-hydrogen) atoms. The number of hydrogen-bond acceptors (Lipinski definition) is 4. The van der Waals surface area contributed by atoms with Gasteiger partial charge in [0.1, 0.15) is 17.4 Å². The van der Waals surface area contributed by atoms with E-state index in [-0.39, 0.29) is 11.5 Å². The first-order valence-corrected chi connectivity index (χ1v) is 9.74. The molecule has 154 valence electrons. The maximum Gasteiger partial charge on any atom is 0.337 e. The van der Waals surface area contributed by atoms with Gasteiger partial charge in [-0.05, 0) is 32.9 Å². The SMILES string of the molecule is CN1C(=O)/C(=N/C(NC(C)(C)C)C(Cl)C(Cl)(Cl)Cl)N(c2ccccc2F)C1=O. The van der Waals surface area contributed by atoms with Gasteiger partial charge in [0.2, 0.25) is 9.63 Å². The molecule has 1 aliphatic heterocycles. The first-order chi connectivity index (χ1) is 12.7. The number of benzene rings is 1. The maximum atomic E-state index is 14.3. The Morgan fingerprint density at radius 3 is 2.21 bits per heavy atom. The number of urea groups is 1. The zero-order chi connectivity index (χ0) is 21.4. The predicted molar refractivity (Wildman–Crippen MR) is 111 cm³/mol. The normalized spacial score (nSPS) is 19.5. The van der Waals surface area contributed by atoms with E-state index < -0.39 is 38.6 Å². The first kappa shape index (κ1) is 23.2. The quantitative estimate of drug-likeness (QED) is 0.525. The second-order valence-electron chi connectivity index (χ2n) is 7.17. The highest BCUT2D eigenvalue weighted by molar-refractivity contribution is 6.70. The highest BCUT2D eigenvalue weighted by Gasteiger charge is 2.45. The summed E-state index contributed by atoms with van der Waals surface area (Å²) in [6.07, 6.45) is -1.07. The van der Waals surface area contributed by atoms with Crippen LogP contribution in [0.4, 0.5) is 14.9 Å². The predicted octanol–water partition coefficient (Wildman–Crippen LogP) is 4.31. The molecule has 3 amide bonds. The fourth-order valence-corrected chi connectivity index (χ4v) is 2.94. The molecular formula is C17H19Cl4FN4O2. The number of carbonyl (C=O) groups is 2. The van der Waals surface area contributed by atoms with E-state index in [4.69, 9.17) is 46.4 Å². The number of amides is 3. The Bertz CT molecular complexity index is 807. The monoisotopic (exact) mass is 470 g/mol. The molecular weight excluding hydrogens is 453 g/mol.